The van der Waals surface area contributed by atoms with Gasteiger partial charge in [-0.15, -0.1) is 0 Å². The van der Waals surface area contributed by atoms with Gasteiger partial charge < -0.3 is 10.4 Å². The van der Waals surface area contributed by atoms with Crippen molar-refractivity contribution in [1.82, 2.24) is 5.32 Å². The maximum Gasteiger partial charge on any atom is 0.267 e. The first kappa shape index (κ1) is 54.8. The van der Waals surface area contributed by atoms with E-state index in [1.54, 1.807) is 0 Å². The minimum atomic E-state index is -4.35. The minimum absolute atomic E-state index is 0.282. The first-order valence-electron chi connectivity index (χ1n) is 24.5. The van der Waals surface area contributed by atoms with Crippen LogP contribution in [0.1, 0.15) is 264 Å². The molecule has 0 aliphatic carbocycles. The van der Waals surface area contributed by atoms with Crippen LogP contribution in [-0.4, -0.2) is 41.9 Å². The summed E-state index contributed by atoms with van der Waals surface area (Å²) in [5.74, 6) is -0.988. The molecule has 2 atom stereocenters. The van der Waals surface area contributed by atoms with Gasteiger partial charge in [-0.05, 0) is 32.1 Å². The van der Waals surface area contributed by atoms with Gasteiger partial charge in [-0.3, -0.25) is 9.35 Å². The number of aliphatic hydroxyl groups is 1. The van der Waals surface area contributed by atoms with Gasteiger partial charge in [0.25, 0.3) is 10.1 Å². The Bertz CT molecular complexity index is 981. The lowest BCUT2D eigenvalue weighted by Crippen LogP contribution is -2.46. The van der Waals surface area contributed by atoms with E-state index in [1.807, 2.05) is 6.08 Å². The lowest BCUT2D eigenvalue weighted by atomic mass is 10.0. The predicted molar refractivity (Wildman–Crippen MR) is 244 cm³/mol. The molecule has 0 saturated heterocycles. The third-order valence-electron chi connectivity index (χ3n) is 11.4. The molecule has 0 aromatic rings. The average molecular weight is 810 g/mol. The van der Waals surface area contributed by atoms with Crippen molar-refractivity contribution in [3.05, 3.63) is 24.3 Å². The van der Waals surface area contributed by atoms with Gasteiger partial charge in [0.05, 0.1) is 17.9 Å². The first-order valence-corrected chi connectivity index (χ1v) is 26.1. The van der Waals surface area contributed by atoms with Crippen LogP contribution < -0.4 is 5.32 Å². The molecule has 0 fully saturated rings. The molecule has 3 N–H and O–H groups in total. The number of rotatable bonds is 45. The number of carbonyl (C=O) groups is 1. The van der Waals surface area contributed by atoms with Crippen LogP contribution in [0.4, 0.5) is 0 Å². The highest BCUT2D eigenvalue weighted by molar-refractivity contribution is 7.85. The Morgan fingerprint density at radius 2 is 0.768 bits per heavy atom. The van der Waals surface area contributed by atoms with Crippen LogP contribution in [0.5, 0.6) is 0 Å². The van der Waals surface area contributed by atoms with Gasteiger partial charge in [0.1, 0.15) is 0 Å². The summed E-state index contributed by atoms with van der Waals surface area (Å²) in [5, 5.41) is 13.3. The van der Waals surface area contributed by atoms with E-state index in [0.29, 0.717) is 6.42 Å². The Hall–Kier alpha value is -1.18. The molecule has 0 rings (SSSR count). The van der Waals surface area contributed by atoms with Crippen molar-refractivity contribution in [3.63, 3.8) is 0 Å². The van der Waals surface area contributed by atoms with Crippen molar-refractivity contribution in [2.45, 2.75) is 276 Å². The van der Waals surface area contributed by atoms with Crippen LogP contribution >= 0.6 is 0 Å². The number of nitrogens with one attached hydrogen (secondary N) is 1. The fourth-order valence-electron chi connectivity index (χ4n) is 7.70. The number of amides is 1. The van der Waals surface area contributed by atoms with Crippen LogP contribution in [0.25, 0.3) is 0 Å². The number of hydrogen-bond donors (Lipinski definition) is 3. The van der Waals surface area contributed by atoms with E-state index in [0.717, 1.165) is 38.5 Å². The quantitative estimate of drug-likeness (QED) is 0.0323. The van der Waals surface area contributed by atoms with Crippen molar-refractivity contribution in [2.24, 2.45) is 0 Å². The van der Waals surface area contributed by atoms with E-state index in [9.17, 15) is 22.9 Å². The Morgan fingerprint density at radius 3 is 1.12 bits per heavy atom. The number of hydrogen-bond acceptors (Lipinski definition) is 4. The Kier molecular flexibility index (Phi) is 42.5. The summed E-state index contributed by atoms with van der Waals surface area (Å²) >= 11 is 0. The van der Waals surface area contributed by atoms with E-state index >= 15 is 0 Å². The highest BCUT2D eigenvalue weighted by Crippen LogP contribution is 2.16. The Balaban J connectivity index is 3.83. The highest BCUT2D eigenvalue weighted by Gasteiger charge is 2.24. The minimum Gasteiger partial charge on any atom is -0.387 e. The van der Waals surface area contributed by atoms with Crippen molar-refractivity contribution in [1.29, 1.82) is 0 Å². The van der Waals surface area contributed by atoms with E-state index in [-0.39, 0.29) is 5.91 Å². The molecule has 0 aliphatic rings. The standard InChI is InChI=1S/C49H95NO5S/c1-3-5-7-9-11-13-15-17-19-21-23-25-27-29-31-33-35-37-39-41-43-45-49(52)50-47(46-56(53,54)55)48(51)44-42-40-38-36-34-32-30-28-26-24-22-20-18-16-14-12-10-8-6-4-2/h34,36,42,44,47-48,51H,3-33,35,37-41,43,45-46H2,1-2H3,(H,50,52)(H,53,54,55)/b36-34+,44-42+. The number of aliphatic hydroxyl groups excluding tert-OH is 1. The van der Waals surface area contributed by atoms with Crippen LogP contribution in [0.3, 0.4) is 0 Å². The second-order valence-electron chi connectivity index (χ2n) is 17.1. The van der Waals surface area contributed by atoms with Gasteiger partial charge in [-0.1, -0.05) is 250 Å². The van der Waals surface area contributed by atoms with Crippen LogP contribution in [0.15, 0.2) is 24.3 Å². The maximum atomic E-state index is 12.6. The molecule has 332 valence electrons. The summed E-state index contributed by atoms with van der Waals surface area (Å²) in [7, 11) is -4.35. The van der Waals surface area contributed by atoms with Gasteiger partial charge in [0.2, 0.25) is 5.91 Å². The second kappa shape index (κ2) is 43.4. The monoisotopic (exact) mass is 810 g/mol. The highest BCUT2D eigenvalue weighted by atomic mass is 32.2. The lowest BCUT2D eigenvalue weighted by Gasteiger charge is -2.21. The molecule has 0 heterocycles. The molecule has 0 aromatic carbocycles. The maximum absolute atomic E-state index is 12.6. The molecule has 2 unspecified atom stereocenters. The van der Waals surface area contributed by atoms with Crippen molar-refractivity contribution >= 4 is 16.0 Å². The fraction of sp³-hybridized carbons (Fsp3) is 0.898. The van der Waals surface area contributed by atoms with Crippen molar-refractivity contribution < 1.29 is 22.9 Å². The molecule has 0 aliphatic heterocycles. The molecular formula is C49H95NO5S. The van der Waals surface area contributed by atoms with Gasteiger partial charge in [-0.2, -0.15) is 8.42 Å². The number of unbranched alkanes of at least 4 members (excludes halogenated alkanes) is 35. The van der Waals surface area contributed by atoms with Gasteiger partial charge >= 0.3 is 0 Å². The van der Waals surface area contributed by atoms with Gasteiger partial charge in [0, 0.05) is 6.42 Å². The molecule has 0 spiro atoms. The molecule has 56 heavy (non-hydrogen) atoms. The number of allylic oxidation sites excluding steroid dienone is 3. The molecule has 7 heteroatoms. The van der Waals surface area contributed by atoms with Crippen LogP contribution in [0, 0.1) is 0 Å². The van der Waals surface area contributed by atoms with E-state index in [2.05, 4.69) is 31.3 Å². The average Bonchev–Trinajstić information content (AvgIpc) is 3.16. The van der Waals surface area contributed by atoms with Crippen molar-refractivity contribution in [2.75, 3.05) is 5.75 Å². The summed E-state index contributed by atoms with van der Waals surface area (Å²) in [6, 6.07) is -1.07. The first-order chi connectivity index (χ1) is 27.3. The third kappa shape index (κ3) is 43.9. The normalized spacial score (nSPS) is 13.3. The zero-order valence-corrected chi connectivity index (χ0v) is 38.1. The SMILES string of the molecule is CCCCCCCCCCCCCCCC/C=C/CC/C=C/C(O)C(CS(=O)(=O)O)NC(=O)CCCCCCCCCCCCCCCCCCCCCCC. The summed E-state index contributed by atoms with van der Waals surface area (Å²) in [5.41, 5.74) is 0. The second-order valence-corrected chi connectivity index (χ2v) is 18.6. The predicted octanol–water partition coefficient (Wildman–Crippen LogP) is 15.1. The topological polar surface area (TPSA) is 104 Å². The zero-order chi connectivity index (χ0) is 41.1. The smallest absolute Gasteiger partial charge is 0.267 e. The Morgan fingerprint density at radius 1 is 0.464 bits per heavy atom. The molecule has 0 radical (unpaired) electrons. The number of carbonyl (C=O) groups excluding carboxylic acids is 1. The summed E-state index contributed by atoms with van der Waals surface area (Å²) in [6.07, 6.45) is 56.1. The van der Waals surface area contributed by atoms with Crippen LogP contribution in [-0.2, 0) is 14.9 Å². The molecule has 1 amide bonds. The molecule has 0 bridgehead atoms. The van der Waals surface area contributed by atoms with Crippen LogP contribution in [0.2, 0.25) is 0 Å². The van der Waals surface area contributed by atoms with Gasteiger partial charge in [0.15, 0.2) is 0 Å². The summed E-state index contributed by atoms with van der Waals surface area (Å²) in [4.78, 5) is 12.6. The van der Waals surface area contributed by atoms with E-state index in [1.165, 1.54) is 212 Å². The van der Waals surface area contributed by atoms with Gasteiger partial charge in [-0.25, -0.2) is 0 Å². The van der Waals surface area contributed by atoms with Crippen molar-refractivity contribution in [3.8, 4) is 0 Å². The summed E-state index contributed by atoms with van der Waals surface area (Å²) < 4.78 is 32.6. The third-order valence-corrected chi connectivity index (χ3v) is 12.2. The Labute approximate surface area is 349 Å². The fourth-order valence-corrected chi connectivity index (χ4v) is 8.44. The van der Waals surface area contributed by atoms with E-state index in [4.69, 9.17) is 0 Å². The molecule has 0 saturated carbocycles. The molecular weight excluding hydrogens is 715 g/mol. The summed E-state index contributed by atoms with van der Waals surface area (Å²) in [6.45, 7) is 4.56. The largest absolute Gasteiger partial charge is 0.387 e. The zero-order valence-electron chi connectivity index (χ0n) is 37.3. The molecule has 0 aromatic heterocycles. The van der Waals surface area contributed by atoms with E-state index < -0.39 is 28.0 Å². The molecule has 6 nitrogen and oxygen atoms in total. The lowest BCUT2D eigenvalue weighted by molar-refractivity contribution is -0.122.